The Kier molecular flexibility index (Phi) is 3.57. The zero-order valence-corrected chi connectivity index (χ0v) is 10.4. The summed E-state index contributed by atoms with van der Waals surface area (Å²) in [4.78, 5) is 26.7. The number of likely N-dealkylation sites (N-methyl/N-ethyl adjacent to an activating group) is 2. The van der Waals surface area contributed by atoms with Gasteiger partial charge in [0.1, 0.15) is 0 Å². The molecule has 0 bridgehead atoms. The lowest BCUT2D eigenvalue weighted by atomic mass is 10.0. The SMILES string of the molecule is CCN1CC(C(=O)O)CN(C)C(C)(C)C1=O. The first-order chi connectivity index (χ1) is 7.30. The summed E-state index contributed by atoms with van der Waals surface area (Å²) < 4.78 is 0. The van der Waals surface area contributed by atoms with Crippen molar-refractivity contribution in [2.45, 2.75) is 26.3 Å². The van der Waals surface area contributed by atoms with E-state index < -0.39 is 17.4 Å². The third-order valence-corrected chi connectivity index (χ3v) is 3.43. The van der Waals surface area contributed by atoms with Gasteiger partial charge in [-0.05, 0) is 27.8 Å². The van der Waals surface area contributed by atoms with Crippen LogP contribution in [0.5, 0.6) is 0 Å². The molecular weight excluding hydrogens is 208 g/mol. The Balaban J connectivity index is 3.01. The summed E-state index contributed by atoms with van der Waals surface area (Å²) in [5.74, 6) is -1.34. The van der Waals surface area contributed by atoms with Crippen LogP contribution < -0.4 is 0 Å². The number of hydrogen-bond donors (Lipinski definition) is 1. The molecular formula is C11H20N2O3. The Morgan fingerprint density at radius 1 is 1.50 bits per heavy atom. The van der Waals surface area contributed by atoms with Crippen LogP contribution in [0.15, 0.2) is 0 Å². The highest BCUT2D eigenvalue weighted by molar-refractivity contribution is 5.86. The Morgan fingerprint density at radius 3 is 2.50 bits per heavy atom. The lowest BCUT2D eigenvalue weighted by molar-refractivity contribution is -0.142. The molecule has 0 aliphatic carbocycles. The Morgan fingerprint density at radius 2 is 2.06 bits per heavy atom. The summed E-state index contributed by atoms with van der Waals surface area (Å²) in [6, 6.07) is 0. The molecule has 5 nitrogen and oxygen atoms in total. The van der Waals surface area contributed by atoms with E-state index in [0.717, 1.165) is 0 Å². The van der Waals surface area contributed by atoms with Gasteiger partial charge in [-0.15, -0.1) is 0 Å². The smallest absolute Gasteiger partial charge is 0.309 e. The van der Waals surface area contributed by atoms with Crippen LogP contribution in [-0.4, -0.2) is 59.0 Å². The number of rotatable bonds is 2. The first-order valence-electron chi connectivity index (χ1n) is 5.54. The van der Waals surface area contributed by atoms with Crippen LogP contribution in [0.2, 0.25) is 0 Å². The molecule has 16 heavy (non-hydrogen) atoms. The second-order valence-corrected chi connectivity index (χ2v) is 4.82. The largest absolute Gasteiger partial charge is 0.481 e. The van der Waals surface area contributed by atoms with Gasteiger partial charge in [0.2, 0.25) is 5.91 Å². The number of amides is 1. The first-order valence-corrected chi connectivity index (χ1v) is 5.54. The highest BCUT2D eigenvalue weighted by Gasteiger charge is 2.41. The maximum absolute atomic E-state index is 12.2. The molecule has 0 aromatic carbocycles. The highest BCUT2D eigenvalue weighted by atomic mass is 16.4. The second-order valence-electron chi connectivity index (χ2n) is 4.82. The van der Waals surface area contributed by atoms with Gasteiger partial charge in [-0.2, -0.15) is 0 Å². The fourth-order valence-electron chi connectivity index (χ4n) is 1.94. The van der Waals surface area contributed by atoms with Crippen LogP contribution in [0, 0.1) is 5.92 Å². The molecule has 0 aromatic heterocycles. The third-order valence-electron chi connectivity index (χ3n) is 3.43. The molecule has 0 aromatic rings. The summed E-state index contributed by atoms with van der Waals surface area (Å²) >= 11 is 0. The number of carboxylic acid groups (broad SMARTS) is 1. The number of aliphatic carboxylic acids is 1. The van der Waals surface area contributed by atoms with Crippen LogP contribution >= 0.6 is 0 Å². The molecule has 0 spiro atoms. The van der Waals surface area contributed by atoms with Gasteiger partial charge in [0.05, 0.1) is 11.5 Å². The molecule has 1 N–H and O–H groups in total. The molecule has 1 atom stereocenters. The second kappa shape index (κ2) is 4.41. The van der Waals surface area contributed by atoms with Crippen molar-refractivity contribution in [3.8, 4) is 0 Å². The van der Waals surface area contributed by atoms with Crippen molar-refractivity contribution in [1.82, 2.24) is 9.80 Å². The molecule has 1 saturated heterocycles. The van der Waals surface area contributed by atoms with E-state index in [1.54, 1.807) is 11.9 Å². The predicted octanol–water partition coefficient (Wildman–Crippen LogP) is 0.260. The van der Waals surface area contributed by atoms with Crippen molar-refractivity contribution < 1.29 is 14.7 Å². The van der Waals surface area contributed by atoms with Crippen molar-refractivity contribution in [3.05, 3.63) is 0 Å². The van der Waals surface area contributed by atoms with Gasteiger partial charge in [0.25, 0.3) is 0 Å². The van der Waals surface area contributed by atoms with Crippen LogP contribution in [-0.2, 0) is 9.59 Å². The Labute approximate surface area is 96.0 Å². The molecule has 0 saturated carbocycles. The summed E-state index contributed by atoms with van der Waals surface area (Å²) in [6.07, 6.45) is 0. The molecule has 92 valence electrons. The van der Waals surface area contributed by atoms with E-state index in [9.17, 15) is 9.59 Å². The molecule has 1 fully saturated rings. The van der Waals surface area contributed by atoms with Crippen LogP contribution in [0.4, 0.5) is 0 Å². The maximum atomic E-state index is 12.2. The Bertz CT molecular complexity index is 302. The normalized spacial score (nSPS) is 26.6. The molecule has 1 amide bonds. The van der Waals surface area contributed by atoms with Crippen molar-refractivity contribution >= 4 is 11.9 Å². The first kappa shape index (κ1) is 13.0. The van der Waals surface area contributed by atoms with E-state index in [2.05, 4.69) is 0 Å². The minimum absolute atomic E-state index is 0.00116. The number of hydrogen-bond acceptors (Lipinski definition) is 3. The van der Waals surface area contributed by atoms with E-state index in [-0.39, 0.29) is 5.91 Å². The number of nitrogens with zero attached hydrogens (tertiary/aromatic N) is 2. The van der Waals surface area contributed by atoms with Crippen molar-refractivity contribution in [1.29, 1.82) is 0 Å². The van der Waals surface area contributed by atoms with Crippen LogP contribution in [0.3, 0.4) is 0 Å². The average Bonchev–Trinajstić information content (AvgIpc) is 2.28. The number of carbonyl (C=O) groups excluding carboxylic acids is 1. The zero-order valence-electron chi connectivity index (χ0n) is 10.4. The van der Waals surface area contributed by atoms with Crippen molar-refractivity contribution in [2.75, 3.05) is 26.7 Å². The molecule has 1 rings (SSSR count). The average molecular weight is 228 g/mol. The van der Waals surface area contributed by atoms with Gasteiger partial charge in [-0.25, -0.2) is 0 Å². The van der Waals surface area contributed by atoms with Gasteiger partial charge >= 0.3 is 5.97 Å². The molecule has 1 unspecified atom stereocenters. The molecule has 1 aliphatic rings. The standard InChI is InChI=1S/C11H20N2O3/c1-5-13-7-8(9(14)15)6-12(4)11(2,3)10(13)16/h8H,5-7H2,1-4H3,(H,14,15). The summed E-state index contributed by atoms with van der Waals surface area (Å²) in [5, 5.41) is 9.09. The van der Waals surface area contributed by atoms with Gasteiger partial charge in [0, 0.05) is 19.6 Å². The zero-order chi connectivity index (χ0) is 12.5. The minimum atomic E-state index is -0.837. The lowest BCUT2D eigenvalue weighted by Crippen LogP contribution is -2.52. The number of carbonyl (C=O) groups is 2. The topological polar surface area (TPSA) is 60.9 Å². The summed E-state index contributed by atoms with van der Waals surface area (Å²) in [7, 11) is 1.80. The van der Waals surface area contributed by atoms with Gasteiger partial charge in [-0.3, -0.25) is 14.5 Å². The van der Waals surface area contributed by atoms with Gasteiger partial charge < -0.3 is 10.0 Å². The minimum Gasteiger partial charge on any atom is -0.481 e. The summed E-state index contributed by atoms with van der Waals surface area (Å²) in [6.45, 7) is 6.81. The third kappa shape index (κ3) is 2.19. The molecule has 5 heteroatoms. The van der Waals surface area contributed by atoms with E-state index in [4.69, 9.17) is 5.11 Å². The van der Waals surface area contributed by atoms with Gasteiger partial charge in [0.15, 0.2) is 0 Å². The lowest BCUT2D eigenvalue weighted by Gasteiger charge is -2.34. The van der Waals surface area contributed by atoms with Crippen LogP contribution in [0.25, 0.3) is 0 Å². The fourth-order valence-corrected chi connectivity index (χ4v) is 1.94. The van der Waals surface area contributed by atoms with E-state index >= 15 is 0 Å². The summed E-state index contributed by atoms with van der Waals surface area (Å²) in [5.41, 5.74) is -0.625. The monoisotopic (exact) mass is 228 g/mol. The van der Waals surface area contributed by atoms with Crippen molar-refractivity contribution in [3.63, 3.8) is 0 Å². The van der Waals surface area contributed by atoms with E-state index in [1.165, 1.54) is 0 Å². The molecule has 1 heterocycles. The molecule has 1 aliphatic heterocycles. The highest BCUT2D eigenvalue weighted by Crippen LogP contribution is 2.22. The van der Waals surface area contributed by atoms with Crippen LogP contribution in [0.1, 0.15) is 20.8 Å². The fraction of sp³-hybridized carbons (Fsp3) is 0.818. The van der Waals surface area contributed by atoms with E-state index in [0.29, 0.717) is 19.6 Å². The quantitative estimate of drug-likeness (QED) is 0.736. The molecule has 0 radical (unpaired) electrons. The maximum Gasteiger partial charge on any atom is 0.309 e. The Hall–Kier alpha value is -1.10. The van der Waals surface area contributed by atoms with Crippen molar-refractivity contribution in [2.24, 2.45) is 5.92 Å². The number of carboxylic acids is 1. The van der Waals surface area contributed by atoms with Gasteiger partial charge in [-0.1, -0.05) is 0 Å². The predicted molar refractivity (Wildman–Crippen MR) is 60.1 cm³/mol. The van der Waals surface area contributed by atoms with E-state index in [1.807, 2.05) is 25.7 Å².